The van der Waals surface area contributed by atoms with E-state index < -0.39 is 5.97 Å². The van der Waals surface area contributed by atoms with Crippen LogP contribution in [0.4, 0.5) is 11.6 Å². The fourth-order valence-electron chi connectivity index (χ4n) is 5.08. The molecule has 218 valence electrons. The molecule has 2 aromatic carbocycles. The molecule has 3 heterocycles. The van der Waals surface area contributed by atoms with Crippen LogP contribution in [0.3, 0.4) is 0 Å². The Bertz CT molecular complexity index is 1560. The Balaban J connectivity index is 1.09. The number of likely N-dealkylation sites (tertiary alicyclic amines) is 1. The molecular formula is C31H34ClN7O3. The smallest absolute Gasteiger partial charge is 0.317 e. The van der Waals surface area contributed by atoms with E-state index in [0.717, 1.165) is 48.9 Å². The van der Waals surface area contributed by atoms with E-state index in [0.29, 0.717) is 28.9 Å². The average molecular weight is 588 g/mol. The summed E-state index contributed by atoms with van der Waals surface area (Å²) in [6.07, 6.45) is 8.60. The van der Waals surface area contributed by atoms with Crippen LogP contribution in [-0.2, 0) is 16.1 Å². The highest BCUT2D eigenvalue weighted by Gasteiger charge is 2.21. The lowest BCUT2D eigenvalue weighted by Gasteiger charge is -2.32. The van der Waals surface area contributed by atoms with Crippen LogP contribution in [0.5, 0.6) is 0 Å². The average Bonchev–Trinajstić information content (AvgIpc) is 3.40. The summed E-state index contributed by atoms with van der Waals surface area (Å²) in [5.74, 6) is -0.572. The SMILES string of the molecule is CN(CC=CC(=O)Nc1ccc(CN2CCC(Nc3ncc(Cl)c(-c4c[nH]c5ccccc45)n3)CC2)cc1)CC(=O)O. The van der Waals surface area contributed by atoms with Crippen molar-refractivity contribution in [1.82, 2.24) is 24.8 Å². The van der Waals surface area contributed by atoms with Crippen molar-refractivity contribution in [3.05, 3.63) is 83.7 Å². The number of aliphatic carboxylic acids is 1. The molecule has 0 saturated carbocycles. The van der Waals surface area contributed by atoms with Crippen molar-refractivity contribution in [2.24, 2.45) is 0 Å². The molecule has 11 heteroatoms. The van der Waals surface area contributed by atoms with Crippen LogP contribution in [0.15, 0.2) is 73.1 Å². The Morgan fingerprint density at radius 1 is 1.17 bits per heavy atom. The fraction of sp³-hybridized carbons (Fsp3) is 0.290. The number of aromatic amines is 1. The third kappa shape index (κ3) is 7.73. The first-order chi connectivity index (χ1) is 20.3. The van der Waals surface area contributed by atoms with Gasteiger partial charge in [0.2, 0.25) is 11.9 Å². The van der Waals surface area contributed by atoms with E-state index in [1.54, 1.807) is 24.2 Å². The van der Waals surface area contributed by atoms with Crippen LogP contribution in [0.25, 0.3) is 22.2 Å². The van der Waals surface area contributed by atoms with Crippen LogP contribution in [0.2, 0.25) is 5.02 Å². The molecule has 1 aliphatic heterocycles. The van der Waals surface area contributed by atoms with Gasteiger partial charge in [0, 0.05) is 66.6 Å². The number of halogens is 1. The van der Waals surface area contributed by atoms with Gasteiger partial charge >= 0.3 is 5.97 Å². The summed E-state index contributed by atoms with van der Waals surface area (Å²) in [5.41, 5.74) is 4.59. The van der Waals surface area contributed by atoms with Crippen molar-refractivity contribution in [3.8, 4) is 11.3 Å². The second-order valence-electron chi connectivity index (χ2n) is 10.5. The summed E-state index contributed by atoms with van der Waals surface area (Å²) in [5, 5.41) is 16.7. The van der Waals surface area contributed by atoms with Gasteiger partial charge in [-0.05, 0) is 43.7 Å². The molecule has 4 aromatic rings. The Hall–Kier alpha value is -4.25. The van der Waals surface area contributed by atoms with Crippen LogP contribution in [0.1, 0.15) is 18.4 Å². The number of carbonyl (C=O) groups is 2. The van der Waals surface area contributed by atoms with Crippen LogP contribution in [-0.4, -0.2) is 81.0 Å². The number of hydrogen-bond donors (Lipinski definition) is 4. The Kier molecular flexibility index (Phi) is 9.48. The Morgan fingerprint density at radius 3 is 2.69 bits per heavy atom. The number of hydrogen-bond acceptors (Lipinski definition) is 7. The lowest BCUT2D eigenvalue weighted by molar-refractivity contribution is -0.137. The molecule has 0 spiro atoms. The van der Waals surface area contributed by atoms with Crippen molar-refractivity contribution in [1.29, 1.82) is 0 Å². The number of nitrogens with one attached hydrogen (secondary N) is 3. The molecular weight excluding hydrogens is 554 g/mol. The lowest BCUT2D eigenvalue weighted by atomic mass is 10.0. The number of H-pyrrole nitrogens is 1. The zero-order valence-electron chi connectivity index (χ0n) is 23.4. The van der Waals surface area contributed by atoms with E-state index >= 15 is 0 Å². The van der Waals surface area contributed by atoms with Crippen LogP contribution < -0.4 is 10.6 Å². The summed E-state index contributed by atoms with van der Waals surface area (Å²) in [6, 6.07) is 16.2. The van der Waals surface area contributed by atoms with Crippen molar-refractivity contribution < 1.29 is 14.7 Å². The van der Waals surface area contributed by atoms with Gasteiger partial charge in [0.25, 0.3) is 0 Å². The number of nitrogens with zero attached hydrogens (tertiary/aromatic N) is 4. The molecule has 0 bridgehead atoms. The Morgan fingerprint density at radius 2 is 1.93 bits per heavy atom. The number of rotatable bonds is 11. The third-order valence-corrected chi connectivity index (χ3v) is 7.51. The van der Waals surface area contributed by atoms with E-state index in [9.17, 15) is 9.59 Å². The third-order valence-electron chi connectivity index (χ3n) is 7.23. The predicted molar refractivity (Wildman–Crippen MR) is 166 cm³/mol. The van der Waals surface area contributed by atoms with Gasteiger partial charge in [0.1, 0.15) is 0 Å². The van der Waals surface area contributed by atoms with Crippen molar-refractivity contribution in [3.63, 3.8) is 0 Å². The molecule has 0 aliphatic carbocycles. The minimum atomic E-state index is -0.903. The molecule has 10 nitrogen and oxygen atoms in total. The predicted octanol–water partition coefficient (Wildman–Crippen LogP) is 4.87. The highest BCUT2D eigenvalue weighted by Crippen LogP contribution is 2.32. The summed E-state index contributed by atoms with van der Waals surface area (Å²) < 4.78 is 0. The second kappa shape index (κ2) is 13.6. The number of carboxylic acids is 1. The normalized spacial score (nSPS) is 14.5. The quantitative estimate of drug-likeness (QED) is 0.183. The molecule has 42 heavy (non-hydrogen) atoms. The Labute approximate surface area is 249 Å². The van der Waals surface area contributed by atoms with E-state index in [1.807, 2.05) is 48.7 Å². The van der Waals surface area contributed by atoms with Gasteiger partial charge in [-0.25, -0.2) is 9.97 Å². The number of likely N-dealkylation sites (N-methyl/N-ethyl adjacent to an activating group) is 1. The highest BCUT2D eigenvalue weighted by atomic mass is 35.5. The number of benzene rings is 2. The minimum absolute atomic E-state index is 0.0777. The number of piperidine rings is 1. The van der Waals surface area contributed by atoms with Crippen LogP contribution in [0, 0.1) is 0 Å². The van der Waals surface area contributed by atoms with E-state index in [4.69, 9.17) is 21.7 Å². The van der Waals surface area contributed by atoms with Crippen molar-refractivity contribution >= 4 is 46.0 Å². The maximum absolute atomic E-state index is 12.2. The molecule has 5 rings (SSSR count). The first-order valence-corrected chi connectivity index (χ1v) is 14.3. The number of fused-ring (bicyclic) bond motifs is 1. The molecule has 0 atom stereocenters. The molecule has 2 aromatic heterocycles. The molecule has 0 radical (unpaired) electrons. The van der Waals surface area contributed by atoms with Crippen LogP contribution >= 0.6 is 11.6 Å². The van der Waals surface area contributed by atoms with Gasteiger partial charge in [0.15, 0.2) is 0 Å². The van der Waals surface area contributed by atoms with E-state index in [-0.39, 0.29) is 18.5 Å². The number of anilines is 2. The molecule has 1 saturated heterocycles. The highest BCUT2D eigenvalue weighted by molar-refractivity contribution is 6.33. The number of para-hydroxylation sites is 1. The molecule has 1 aliphatic rings. The first-order valence-electron chi connectivity index (χ1n) is 13.9. The number of aromatic nitrogens is 3. The summed E-state index contributed by atoms with van der Waals surface area (Å²) >= 11 is 6.49. The van der Waals surface area contributed by atoms with Gasteiger partial charge in [0.05, 0.1) is 23.5 Å². The standard InChI is InChI=1S/C31H34ClN7O3/c1-38(20-29(41)42)14-4-7-28(40)35-22-10-8-21(9-11-22)19-39-15-12-23(13-16-39)36-31-34-18-26(32)30(37-31)25-17-33-27-6-3-2-5-24(25)27/h2-11,17-18,23,33H,12-16,19-20H2,1H3,(H,35,40)(H,41,42)(H,34,36,37). The van der Waals surface area contributed by atoms with Gasteiger partial charge < -0.3 is 20.7 Å². The van der Waals surface area contributed by atoms with Gasteiger partial charge in [-0.15, -0.1) is 0 Å². The summed E-state index contributed by atoms with van der Waals surface area (Å²) in [7, 11) is 1.68. The molecule has 4 N–H and O–H groups in total. The molecule has 0 unspecified atom stereocenters. The number of carbonyl (C=O) groups excluding carboxylic acids is 1. The topological polar surface area (TPSA) is 126 Å². The van der Waals surface area contributed by atoms with Crippen molar-refractivity contribution in [2.75, 3.05) is 43.9 Å². The van der Waals surface area contributed by atoms with Gasteiger partial charge in [-0.2, -0.15) is 0 Å². The molecule has 1 fully saturated rings. The maximum Gasteiger partial charge on any atom is 0.317 e. The zero-order chi connectivity index (χ0) is 29.5. The van der Waals surface area contributed by atoms with Gasteiger partial charge in [-0.1, -0.05) is 48.0 Å². The second-order valence-corrected chi connectivity index (χ2v) is 10.9. The van der Waals surface area contributed by atoms with Crippen molar-refractivity contribution in [2.45, 2.75) is 25.4 Å². The number of carboxylic acid groups (broad SMARTS) is 1. The van der Waals surface area contributed by atoms with Gasteiger partial charge in [-0.3, -0.25) is 19.4 Å². The van der Waals surface area contributed by atoms with E-state index in [2.05, 4.69) is 31.6 Å². The van der Waals surface area contributed by atoms with E-state index in [1.165, 1.54) is 11.6 Å². The lowest BCUT2D eigenvalue weighted by Crippen LogP contribution is -2.39. The maximum atomic E-state index is 12.2. The zero-order valence-corrected chi connectivity index (χ0v) is 24.1. The first kappa shape index (κ1) is 29.2. The largest absolute Gasteiger partial charge is 0.480 e. The summed E-state index contributed by atoms with van der Waals surface area (Å²) in [4.78, 5) is 39.4. The number of amides is 1. The minimum Gasteiger partial charge on any atom is -0.480 e. The summed E-state index contributed by atoms with van der Waals surface area (Å²) in [6.45, 7) is 3.02. The molecule has 1 amide bonds. The fourth-order valence-corrected chi connectivity index (χ4v) is 5.27. The monoisotopic (exact) mass is 587 g/mol.